The molecule has 0 aromatic heterocycles. The molecular formula is C14H18O7. The highest BCUT2D eigenvalue weighted by atomic mass is 16.7. The second-order valence-electron chi connectivity index (χ2n) is 5.28. The highest BCUT2D eigenvalue weighted by Crippen LogP contribution is 2.46. The Morgan fingerprint density at radius 2 is 2.00 bits per heavy atom. The minimum absolute atomic E-state index is 0.0536. The average Bonchev–Trinajstić information content (AvgIpc) is 2.49. The molecule has 0 spiro atoms. The van der Waals surface area contributed by atoms with Gasteiger partial charge >= 0.3 is 0 Å². The number of benzene rings is 1. The minimum atomic E-state index is -1.24. The fourth-order valence-electron chi connectivity index (χ4n) is 3.01. The molecule has 21 heavy (non-hydrogen) atoms. The number of aliphatic hydroxyl groups excluding tert-OH is 3. The summed E-state index contributed by atoms with van der Waals surface area (Å²) < 4.78 is 16.6. The fourth-order valence-corrected chi connectivity index (χ4v) is 3.01. The van der Waals surface area contributed by atoms with E-state index in [1.54, 1.807) is 6.07 Å². The Hall–Kier alpha value is -1.38. The number of ether oxygens (including phenoxy) is 3. The monoisotopic (exact) mass is 298 g/mol. The Balaban J connectivity index is 2.00. The third-order valence-corrected chi connectivity index (χ3v) is 4.07. The molecule has 1 aromatic carbocycles. The summed E-state index contributed by atoms with van der Waals surface area (Å²) in [7, 11) is 1.47. The Bertz CT molecular complexity index is 520. The highest BCUT2D eigenvalue weighted by Gasteiger charge is 2.52. The molecule has 1 saturated heterocycles. The van der Waals surface area contributed by atoms with Crippen LogP contribution in [-0.2, 0) is 9.47 Å². The zero-order valence-corrected chi connectivity index (χ0v) is 11.4. The standard InChI is InChI=1S/C14H18O7/c1-19-13-7-4-6(16)2-3-8(7)20-14-10(13)12(18)11(17)9(5-15)21-14/h2-4,9-18H,5H2,1H3/t9-,10+,11+,12-,13+,14+/m1/s1. The lowest BCUT2D eigenvalue weighted by molar-refractivity contribution is -0.285. The van der Waals surface area contributed by atoms with Crippen molar-refractivity contribution in [2.24, 2.45) is 5.92 Å². The molecule has 2 heterocycles. The van der Waals surface area contributed by atoms with Crippen LogP contribution in [0.15, 0.2) is 18.2 Å². The lowest BCUT2D eigenvalue weighted by atomic mass is 9.82. The van der Waals surface area contributed by atoms with Gasteiger partial charge in [-0.25, -0.2) is 0 Å². The molecular weight excluding hydrogens is 280 g/mol. The van der Waals surface area contributed by atoms with Crippen molar-refractivity contribution >= 4 is 0 Å². The van der Waals surface area contributed by atoms with Crippen LogP contribution in [0.3, 0.4) is 0 Å². The van der Waals surface area contributed by atoms with Gasteiger partial charge in [-0.2, -0.15) is 0 Å². The number of methoxy groups -OCH3 is 1. The van der Waals surface area contributed by atoms with E-state index in [9.17, 15) is 20.4 Å². The van der Waals surface area contributed by atoms with Crippen LogP contribution in [0, 0.1) is 5.92 Å². The lowest BCUT2D eigenvalue weighted by Gasteiger charge is -2.47. The van der Waals surface area contributed by atoms with Gasteiger partial charge in [-0.15, -0.1) is 0 Å². The SMILES string of the molecule is CO[C@H]1c2cc(O)ccc2O[C@H]2O[C@H](CO)[C@H](O)[C@H](O)[C@H]21. The molecule has 4 N–H and O–H groups in total. The maximum Gasteiger partial charge on any atom is 0.208 e. The van der Waals surface area contributed by atoms with Crippen molar-refractivity contribution in [3.63, 3.8) is 0 Å². The molecule has 6 atom stereocenters. The number of hydrogen-bond donors (Lipinski definition) is 4. The Kier molecular flexibility index (Phi) is 3.76. The quantitative estimate of drug-likeness (QED) is 0.584. The van der Waals surface area contributed by atoms with E-state index in [2.05, 4.69) is 0 Å². The van der Waals surface area contributed by atoms with Crippen LogP contribution in [0.5, 0.6) is 11.5 Å². The maximum atomic E-state index is 10.3. The van der Waals surface area contributed by atoms with Gasteiger partial charge in [0.2, 0.25) is 6.29 Å². The fraction of sp³-hybridized carbons (Fsp3) is 0.571. The molecule has 3 rings (SSSR count). The second-order valence-corrected chi connectivity index (χ2v) is 5.28. The molecule has 2 aliphatic rings. The van der Waals surface area contributed by atoms with Crippen LogP contribution in [-0.4, -0.2) is 58.7 Å². The van der Waals surface area contributed by atoms with Crippen molar-refractivity contribution in [3.8, 4) is 11.5 Å². The topological polar surface area (TPSA) is 109 Å². The van der Waals surface area contributed by atoms with E-state index in [-0.39, 0.29) is 5.75 Å². The van der Waals surface area contributed by atoms with E-state index in [1.165, 1.54) is 19.2 Å². The number of hydrogen-bond acceptors (Lipinski definition) is 7. The van der Waals surface area contributed by atoms with Crippen LogP contribution in [0.25, 0.3) is 0 Å². The van der Waals surface area contributed by atoms with Crippen LogP contribution in [0.4, 0.5) is 0 Å². The summed E-state index contributed by atoms with van der Waals surface area (Å²) in [6.07, 6.45) is -4.78. The Labute approximate surface area is 121 Å². The first-order chi connectivity index (χ1) is 10.1. The van der Waals surface area contributed by atoms with Crippen molar-refractivity contribution in [1.29, 1.82) is 0 Å². The summed E-state index contributed by atoms with van der Waals surface area (Å²) in [5.41, 5.74) is 0.580. The third kappa shape index (κ3) is 2.27. The molecule has 1 fully saturated rings. The molecule has 0 aliphatic carbocycles. The number of aromatic hydroxyl groups is 1. The van der Waals surface area contributed by atoms with Crippen molar-refractivity contribution in [1.82, 2.24) is 0 Å². The molecule has 1 aromatic rings. The molecule has 0 saturated carbocycles. The normalized spacial score (nSPS) is 38.3. The molecule has 0 unspecified atom stereocenters. The maximum absolute atomic E-state index is 10.3. The predicted octanol–water partition coefficient (Wildman–Crippen LogP) is -0.473. The summed E-state index contributed by atoms with van der Waals surface area (Å²) in [6, 6.07) is 4.56. The van der Waals surface area contributed by atoms with Gasteiger partial charge in [-0.05, 0) is 18.2 Å². The minimum Gasteiger partial charge on any atom is -0.508 e. The van der Waals surface area contributed by atoms with E-state index < -0.39 is 43.2 Å². The Morgan fingerprint density at radius 3 is 2.67 bits per heavy atom. The summed E-state index contributed by atoms with van der Waals surface area (Å²) in [4.78, 5) is 0. The predicted molar refractivity (Wildman–Crippen MR) is 69.7 cm³/mol. The smallest absolute Gasteiger partial charge is 0.208 e. The van der Waals surface area contributed by atoms with Crippen molar-refractivity contribution in [3.05, 3.63) is 23.8 Å². The van der Waals surface area contributed by atoms with Crippen LogP contribution >= 0.6 is 0 Å². The van der Waals surface area contributed by atoms with Gasteiger partial charge in [-0.1, -0.05) is 0 Å². The van der Waals surface area contributed by atoms with Crippen molar-refractivity contribution in [2.45, 2.75) is 30.7 Å². The average molecular weight is 298 g/mol. The molecule has 0 radical (unpaired) electrons. The van der Waals surface area contributed by atoms with Gasteiger partial charge in [0.05, 0.1) is 24.7 Å². The second kappa shape index (κ2) is 5.43. The number of rotatable bonds is 2. The highest BCUT2D eigenvalue weighted by molar-refractivity contribution is 5.43. The number of fused-ring (bicyclic) bond motifs is 2. The lowest BCUT2D eigenvalue weighted by Crippen LogP contribution is -2.60. The molecule has 7 nitrogen and oxygen atoms in total. The summed E-state index contributed by atoms with van der Waals surface area (Å²) in [5, 5.41) is 39.1. The van der Waals surface area contributed by atoms with Crippen molar-refractivity contribution < 1.29 is 34.6 Å². The molecule has 0 amide bonds. The van der Waals surface area contributed by atoms with E-state index in [0.29, 0.717) is 11.3 Å². The third-order valence-electron chi connectivity index (χ3n) is 4.07. The van der Waals surface area contributed by atoms with Crippen LogP contribution in [0.1, 0.15) is 11.7 Å². The first-order valence-corrected chi connectivity index (χ1v) is 6.71. The number of aliphatic hydroxyl groups is 3. The number of phenols is 1. The molecule has 2 aliphatic heterocycles. The van der Waals surface area contributed by atoms with Crippen molar-refractivity contribution in [2.75, 3.05) is 13.7 Å². The first-order valence-electron chi connectivity index (χ1n) is 6.71. The molecule has 0 bridgehead atoms. The van der Waals surface area contributed by atoms with Gasteiger partial charge in [-0.3, -0.25) is 0 Å². The van der Waals surface area contributed by atoms with Crippen LogP contribution in [0.2, 0.25) is 0 Å². The summed E-state index contributed by atoms with van der Waals surface area (Å²) in [5.74, 6) is -0.138. The van der Waals surface area contributed by atoms with Gasteiger partial charge in [0.1, 0.15) is 23.7 Å². The van der Waals surface area contributed by atoms with Crippen LogP contribution < -0.4 is 4.74 Å². The van der Waals surface area contributed by atoms with E-state index in [4.69, 9.17) is 14.2 Å². The summed E-state index contributed by atoms with van der Waals surface area (Å²) >= 11 is 0. The Morgan fingerprint density at radius 1 is 1.24 bits per heavy atom. The molecule has 7 heteroatoms. The van der Waals surface area contributed by atoms with Gasteiger partial charge in [0, 0.05) is 12.7 Å². The van der Waals surface area contributed by atoms with Gasteiger partial charge in [0.15, 0.2) is 0 Å². The van der Waals surface area contributed by atoms with E-state index in [0.717, 1.165) is 0 Å². The van der Waals surface area contributed by atoms with E-state index in [1.807, 2.05) is 0 Å². The van der Waals surface area contributed by atoms with Gasteiger partial charge < -0.3 is 34.6 Å². The zero-order valence-electron chi connectivity index (χ0n) is 11.4. The molecule has 116 valence electrons. The van der Waals surface area contributed by atoms with E-state index >= 15 is 0 Å². The van der Waals surface area contributed by atoms with Gasteiger partial charge in [0.25, 0.3) is 0 Å². The summed E-state index contributed by atoms with van der Waals surface area (Å²) in [6.45, 7) is -0.426. The first kappa shape index (κ1) is 14.6. The largest absolute Gasteiger partial charge is 0.508 e. The number of phenolic OH excluding ortho intramolecular Hbond substituents is 1. The zero-order chi connectivity index (χ0) is 15.1.